The molecule has 0 unspecified atom stereocenters. The van der Waals surface area contributed by atoms with Gasteiger partial charge >= 0.3 is 0 Å². The number of hydrogen-bond donors (Lipinski definition) is 2. The quantitative estimate of drug-likeness (QED) is 0.379. The van der Waals surface area contributed by atoms with E-state index in [9.17, 15) is 4.39 Å². The van der Waals surface area contributed by atoms with E-state index in [0.29, 0.717) is 24.0 Å². The van der Waals surface area contributed by atoms with E-state index in [1.165, 1.54) is 6.07 Å². The Kier molecular flexibility index (Phi) is 5.37. The number of halogens is 2. The number of nitrogens with two attached hydrogens (primary N) is 1. The lowest BCUT2D eigenvalue weighted by molar-refractivity contribution is 0.309. The summed E-state index contributed by atoms with van der Waals surface area (Å²) in [5.74, 6) is -0.0646. The van der Waals surface area contributed by atoms with Crippen molar-refractivity contribution in [3.63, 3.8) is 0 Å². The van der Waals surface area contributed by atoms with Gasteiger partial charge in [-0.2, -0.15) is 0 Å². The molecule has 1 rings (SSSR count). The second-order valence-corrected chi connectivity index (χ2v) is 4.68. The van der Waals surface area contributed by atoms with Crippen molar-refractivity contribution in [2.24, 2.45) is 10.9 Å². The SMILES string of the molecule is CN(CCC(N)=NO)Cc1ccc(F)c(Br)c1. The molecule has 0 aliphatic rings. The molecule has 1 aromatic carbocycles. The highest BCUT2D eigenvalue weighted by molar-refractivity contribution is 9.10. The zero-order valence-electron chi connectivity index (χ0n) is 9.53. The van der Waals surface area contributed by atoms with E-state index in [-0.39, 0.29) is 11.7 Å². The molecule has 3 N–H and O–H groups in total. The molecule has 0 saturated carbocycles. The summed E-state index contributed by atoms with van der Waals surface area (Å²) in [5, 5.41) is 11.3. The highest BCUT2D eigenvalue weighted by Gasteiger charge is 2.04. The summed E-state index contributed by atoms with van der Waals surface area (Å²) in [5.41, 5.74) is 6.38. The van der Waals surface area contributed by atoms with Crippen molar-refractivity contribution in [2.75, 3.05) is 13.6 Å². The molecule has 0 aliphatic carbocycles. The Hall–Kier alpha value is -1.14. The lowest BCUT2D eigenvalue weighted by Gasteiger charge is -2.16. The molecular weight excluding hydrogens is 289 g/mol. The van der Waals surface area contributed by atoms with Gasteiger partial charge in [-0.3, -0.25) is 0 Å². The minimum Gasteiger partial charge on any atom is -0.409 e. The molecule has 0 heterocycles. The van der Waals surface area contributed by atoms with E-state index in [4.69, 9.17) is 10.9 Å². The first-order valence-electron chi connectivity index (χ1n) is 5.12. The Labute approximate surface area is 108 Å². The van der Waals surface area contributed by atoms with E-state index in [2.05, 4.69) is 21.1 Å². The van der Waals surface area contributed by atoms with E-state index in [1.807, 2.05) is 11.9 Å². The zero-order chi connectivity index (χ0) is 12.8. The Morgan fingerprint density at radius 1 is 1.59 bits per heavy atom. The summed E-state index contributed by atoms with van der Waals surface area (Å²) in [6.45, 7) is 1.35. The molecule has 0 bridgehead atoms. The van der Waals surface area contributed by atoms with Crippen LogP contribution in [0.15, 0.2) is 27.8 Å². The maximum Gasteiger partial charge on any atom is 0.140 e. The van der Waals surface area contributed by atoms with Crippen LogP contribution in [0.25, 0.3) is 0 Å². The molecule has 0 spiro atoms. The summed E-state index contributed by atoms with van der Waals surface area (Å²) < 4.78 is 13.5. The van der Waals surface area contributed by atoms with Gasteiger partial charge in [0, 0.05) is 19.5 Å². The number of nitrogens with zero attached hydrogens (tertiary/aromatic N) is 2. The van der Waals surface area contributed by atoms with Gasteiger partial charge in [0.2, 0.25) is 0 Å². The summed E-state index contributed by atoms with van der Waals surface area (Å²) in [4.78, 5) is 2.01. The summed E-state index contributed by atoms with van der Waals surface area (Å²) >= 11 is 3.14. The average Bonchev–Trinajstić information content (AvgIpc) is 2.31. The van der Waals surface area contributed by atoms with Crippen molar-refractivity contribution in [1.82, 2.24) is 4.90 Å². The van der Waals surface area contributed by atoms with Gasteiger partial charge < -0.3 is 15.8 Å². The smallest absolute Gasteiger partial charge is 0.140 e. The molecule has 6 heteroatoms. The van der Waals surface area contributed by atoms with Crippen molar-refractivity contribution in [2.45, 2.75) is 13.0 Å². The molecule has 0 aliphatic heterocycles. The van der Waals surface area contributed by atoms with Crippen molar-refractivity contribution in [3.05, 3.63) is 34.1 Å². The minimum absolute atomic E-state index is 0.206. The molecule has 94 valence electrons. The van der Waals surface area contributed by atoms with Crippen LogP contribution in [0.1, 0.15) is 12.0 Å². The van der Waals surface area contributed by atoms with Crippen molar-refractivity contribution in [3.8, 4) is 0 Å². The highest BCUT2D eigenvalue weighted by Crippen LogP contribution is 2.17. The number of benzene rings is 1. The molecule has 17 heavy (non-hydrogen) atoms. The van der Waals surface area contributed by atoms with Crippen LogP contribution in [0, 0.1) is 5.82 Å². The molecule has 0 amide bonds. The zero-order valence-corrected chi connectivity index (χ0v) is 11.1. The fraction of sp³-hybridized carbons (Fsp3) is 0.364. The first-order valence-corrected chi connectivity index (χ1v) is 5.91. The van der Waals surface area contributed by atoms with Crippen LogP contribution in [0.3, 0.4) is 0 Å². The van der Waals surface area contributed by atoms with Crippen molar-refractivity contribution in [1.29, 1.82) is 0 Å². The fourth-order valence-corrected chi connectivity index (χ4v) is 1.81. The van der Waals surface area contributed by atoms with Gasteiger partial charge in [0.15, 0.2) is 0 Å². The molecule has 4 nitrogen and oxygen atoms in total. The predicted molar refractivity (Wildman–Crippen MR) is 68.5 cm³/mol. The van der Waals surface area contributed by atoms with Crippen LogP contribution in [0.2, 0.25) is 0 Å². The maximum absolute atomic E-state index is 13.0. The highest BCUT2D eigenvalue weighted by atomic mass is 79.9. The van der Waals surface area contributed by atoms with Crippen molar-refractivity contribution < 1.29 is 9.60 Å². The van der Waals surface area contributed by atoms with Gasteiger partial charge in [0.25, 0.3) is 0 Å². The second-order valence-electron chi connectivity index (χ2n) is 3.83. The maximum atomic E-state index is 13.0. The molecule has 0 fully saturated rings. The number of hydrogen-bond acceptors (Lipinski definition) is 3. The lowest BCUT2D eigenvalue weighted by Crippen LogP contribution is -2.24. The Morgan fingerprint density at radius 2 is 2.29 bits per heavy atom. The minimum atomic E-state index is -0.270. The topological polar surface area (TPSA) is 61.8 Å². The number of oxime groups is 1. The normalized spacial score (nSPS) is 12.1. The molecule has 0 atom stereocenters. The predicted octanol–water partition coefficient (Wildman–Crippen LogP) is 2.16. The monoisotopic (exact) mass is 303 g/mol. The van der Waals surface area contributed by atoms with Crippen LogP contribution in [-0.2, 0) is 6.54 Å². The van der Waals surface area contributed by atoms with E-state index < -0.39 is 0 Å². The molecule has 0 radical (unpaired) electrons. The van der Waals surface area contributed by atoms with Crippen LogP contribution in [0.5, 0.6) is 0 Å². The van der Waals surface area contributed by atoms with Gasteiger partial charge in [0.1, 0.15) is 11.7 Å². The van der Waals surface area contributed by atoms with E-state index >= 15 is 0 Å². The summed E-state index contributed by atoms with van der Waals surface area (Å²) in [7, 11) is 1.92. The van der Waals surface area contributed by atoms with E-state index in [1.54, 1.807) is 12.1 Å². The Balaban J connectivity index is 2.50. The Morgan fingerprint density at radius 3 is 2.88 bits per heavy atom. The van der Waals surface area contributed by atoms with Crippen LogP contribution in [0.4, 0.5) is 4.39 Å². The van der Waals surface area contributed by atoms with Crippen LogP contribution in [-0.4, -0.2) is 29.5 Å². The van der Waals surface area contributed by atoms with Gasteiger partial charge in [-0.15, -0.1) is 0 Å². The first kappa shape index (κ1) is 13.9. The third-order valence-corrected chi connectivity index (χ3v) is 2.92. The third-order valence-electron chi connectivity index (χ3n) is 2.31. The van der Waals surface area contributed by atoms with Gasteiger partial charge in [-0.25, -0.2) is 4.39 Å². The van der Waals surface area contributed by atoms with Crippen LogP contribution >= 0.6 is 15.9 Å². The van der Waals surface area contributed by atoms with E-state index in [0.717, 1.165) is 5.56 Å². The number of amidine groups is 1. The third kappa shape index (κ3) is 4.70. The Bertz CT molecular complexity index is 412. The van der Waals surface area contributed by atoms with Gasteiger partial charge in [-0.1, -0.05) is 11.2 Å². The van der Waals surface area contributed by atoms with Crippen LogP contribution < -0.4 is 5.73 Å². The molecule has 0 saturated heterocycles. The second kappa shape index (κ2) is 6.56. The molecule has 1 aromatic rings. The summed E-state index contributed by atoms with van der Waals surface area (Å²) in [6.07, 6.45) is 0.495. The largest absolute Gasteiger partial charge is 0.409 e. The molecule has 0 aromatic heterocycles. The standard InChI is InChI=1S/C11H15BrFN3O/c1-16(5-4-11(14)15-17)7-8-2-3-10(13)9(12)6-8/h2-3,6,17H,4-5,7H2,1H3,(H2,14,15). The fourth-order valence-electron chi connectivity index (χ4n) is 1.38. The van der Waals surface area contributed by atoms with Crippen molar-refractivity contribution >= 4 is 21.8 Å². The summed E-state index contributed by atoms with van der Waals surface area (Å²) in [6, 6.07) is 4.91. The average molecular weight is 304 g/mol. The molecular formula is C11H15BrFN3O. The van der Waals surface area contributed by atoms with Gasteiger partial charge in [-0.05, 0) is 40.7 Å². The number of rotatable bonds is 5. The lowest BCUT2D eigenvalue weighted by atomic mass is 10.2. The first-order chi connectivity index (χ1) is 8.02. The van der Waals surface area contributed by atoms with Gasteiger partial charge in [0.05, 0.1) is 4.47 Å².